The summed E-state index contributed by atoms with van der Waals surface area (Å²) in [4.78, 5) is 31.4. The third kappa shape index (κ3) is 4.14. The molecule has 3 aliphatic rings. The molecule has 3 heterocycles. The standard InChI is InChI=1S/C28H34N8O2/c1-33-14-10-19(11-15-33)34(2)36(28(29)38)22-5-3-4-21-23(22)27(37)24-25(31-32-26(21)24)18-6-8-20(9-7-18)35-16-12-30-13-17-35/h3-9,19,30H,10-17H2,1-2H3,(H2,29,38)(H,31,32). The second kappa shape index (κ2) is 9.86. The Kier molecular flexibility index (Phi) is 6.38. The number of H-pyrrole nitrogens is 1. The Labute approximate surface area is 222 Å². The van der Waals surface area contributed by atoms with E-state index in [0.29, 0.717) is 28.2 Å². The number of nitrogens with two attached hydrogens (primary N) is 1. The second-order valence-corrected chi connectivity index (χ2v) is 10.4. The van der Waals surface area contributed by atoms with Gasteiger partial charge in [0, 0.05) is 56.1 Å². The average molecular weight is 515 g/mol. The number of piperidine rings is 1. The fraction of sp³-hybridized carbons (Fsp3) is 0.393. The third-order valence-corrected chi connectivity index (χ3v) is 8.12. The maximum atomic E-state index is 14.0. The average Bonchev–Trinajstić information content (AvgIpc) is 3.50. The molecule has 1 aromatic heterocycles. The SMILES string of the molecule is CN1CCC(N(C)N(C(N)=O)c2cccc3c2C(=O)c2c(-c4ccc(N5CCNCC5)cc4)n[nH]c2-3)CC1. The molecule has 2 amide bonds. The molecule has 10 nitrogen and oxygen atoms in total. The Morgan fingerprint density at radius 1 is 1.03 bits per heavy atom. The fourth-order valence-electron chi connectivity index (χ4n) is 5.98. The van der Waals surface area contributed by atoms with E-state index in [-0.39, 0.29) is 11.8 Å². The molecule has 0 saturated carbocycles. The number of ketones is 1. The molecule has 10 heteroatoms. The predicted molar refractivity (Wildman–Crippen MR) is 148 cm³/mol. The lowest BCUT2D eigenvalue weighted by atomic mass is 10.0. The number of carbonyl (C=O) groups excluding carboxylic acids is 2. The number of aromatic nitrogens is 2. The van der Waals surface area contributed by atoms with Crippen molar-refractivity contribution < 1.29 is 9.59 Å². The molecule has 0 bridgehead atoms. The minimum atomic E-state index is -0.606. The van der Waals surface area contributed by atoms with Gasteiger partial charge in [0.05, 0.1) is 22.5 Å². The highest BCUT2D eigenvalue weighted by Gasteiger charge is 2.38. The van der Waals surface area contributed by atoms with Gasteiger partial charge in [0.1, 0.15) is 5.69 Å². The molecule has 2 fully saturated rings. The molecule has 2 saturated heterocycles. The lowest BCUT2D eigenvalue weighted by molar-refractivity contribution is 0.104. The molecule has 38 heavy (non-hydrogen) atoms. The maximum absolute atomic E-state index is 14.0. The highest BCUT2D eigenvalue weighted by atomic mass is 16.2. The summed E-state index contributed by atoms with van der Waals surface area (Å²) in [7, 11) is 3.98. The molecule has 6 rings (SSSR count). The van der Waals surface area contributed by atoms with Crippen LogP contribution in [0, 0.1) is 0 Å². The van der Waals surface area contributed by atoms with Crippen LogP contribution in [-0.4, -0.2) is 91.3 Å². The van der Waals surface area contributed by atoms with Crippen molar-refractivity contribution in [2.45, 2.75) is 18.9 Å². The molecule has 1 aliphatic carbocycles. The van der Waals surface area contributed by atoms with E-state index in [0.717, 1.165) is 68.9 Å². The Bertz CT molecular complexity index is 1350. The summed E-state index contributed by atoms with van der Waals surface area (Å²) in [6.45, 7) is 5.77. The number of nitrogens with zero attached hydrogens (tertiary/aromatic N) is 5. The van der Waals surface area contributed by atoms with Gasteiger partial charge in [-0.05, 0) is 51.2 Å². The van der Waals surface area contributed by atoms with E-state index in [4.69, 9.17) is 5.73 Å². The number of amides is 2. The predicted octanol–water partition coefficient (Wildman–Crippen LogP) is 2.52. The van der Waals surface area contributed by atoms with Gasteiger partial charge in [0.2, 0.25) is 0 Å². The van der Waals surface area contributed by atoms with Crippen LogP contribution < -0.4 is 21.0 Å². The zero-order valence-corrected chi connectivity index (χ0v) is 21.9. The number of piperazine rings is 1. The summed E-state index contributed by atoms with van der Waals surface area (Å²) < 4.78 is 0. The summed E-state index contributed by atoms with van der Waals surface area (Å²) >= 11 is 0. The van der Waals surface area contributed by atoms with Crippen LogP contribution in [0.15, 0.2) is 42.5 Å². The summed E-state index contributed by atoms with van der Waals surface area (Å²) in [6.07, 6.45) is 1.83. The highest BCUT2D eigenvalue weighted by molar-refractivity contribution is 6.27. The molecule has 198 valence electrons. The van der Waals surface area contributed by atoms with Crippen LogP contribution in [0.4, 0.5) is 16.2 Å². The number of carbonyl (C=O) groups is 2. The number of hydrazine groups is 1. The largest absolute Gasteiger partial charge is 0.369 e. The normalized spacial score (nSPS) is 18.1. The van der Waals surface area contributed by atoms with Gasteiger partial charge in [-0.1, -0.05) is 24.3 Å². The topological polar surface area (TPSA) is 114 Å². The summed E-state index contributed by atoms with van der Waals surface area (Å²) in [5.41, 5.74) is 11.5. The number of aromatic amines is 1. The van der Waals surface area contributed by atoms with Crippen LogP contribution >= 0.6 is 0 Å². The quantitative estimate of drug-likeness (QED) is 0.351. The number of urea groups is 1. The van der Waals surface area contributed by atoms with Gasteiger partial charge in [-0.2, -0.15) is 5.10 Å². The van der Waals surface area contributed by atoms with Gasteiger partial charge in [-0.15, -0.1) is 0 Å². The lowest BCUT2D eigenvalue weighted by Gasteiger charge is -2.40. The minimum Gasteiger partial charge on any atom is -0.369 e. The Hall–Kier alpha value is -3.73. The number of fused-ring (bicyclic) bond motifs is 3. The van der Waals surface area contributed by atoms with Crippen molar-refractivity contribution in [2.75, 3.05) is 63.3 Å². The smallest absolute Gasteiger partial charge is 0.334 e. The zero-order valence-electron chi connectivity index (χ0n) is 21.9. The van der Waals surface area contributed by atoms with Crippen molar-refractivity contribution in [3.8, 4) is 22.5 Å². The second-order valence-electron chi connectivity index (χ2n) is 10.4. The maximum Gasteiger partial charge on any atom is 0.334 e. The number of benzene rings is 2. The molecule has 0 unspecified atom stereocenters. The first kappa shape index (κ1) is 24.6. The van der Waals surface area contributed by atoms with Crippen molar-refractivity contribution in [1.29, 1.82) is 0 Å². The first-order chi connectivity index (χ1) is 18.4. The van der Waals surface area contributed by atoms with Crippen molar-refractivity contribution in [2.24, 2.45) is 5.73 Å². The van der Waals surface area contributed by atoms with Crippen LogP contribution in [0.1, 0.15) is 28.8 Å². The molecular weight excluding hydrogens is 480 g/mol. The number of hydrogen-bond acceptors (Lipinski definition) is 7. The van der Waals surface area contributed by atoms with E-state index in [1.165, 1.54) is 5.01 Å². The van der Waals surface area contributed by atoms with Crippen molar-refractivity contribution in [1.82, 2.24) is 25.4 Å². The van der Waals surface area contributed by atoms with E-state index in [1.807, 2.05) is 36.3 Å². The third-order valence-electron chi connectivity index (χ3n) is 8.12. The highest BCUT2D eigenvalue weighted by Crippen LogP contribution is 2.44. The van der Waals surface area contributed by atoms with Crippen molar-refractivity contribution in [3.63, 3.8) is 0 Å². The number of hydrogen-bond donors (Lipinski definition) is 3. The fourth-order valence-corrected chi connectivity index (χ4v) is 5.98. The monoisotopic (exact) mass is 514 g/mol. The molecule has 0 spiro atoms. The number of anilines is 2. The summed E-state index contributed by atoms with van der Waals surface area (Å²) in [5, 5.41) is 14.4. The van der Waals surface area contributed by atoms with Crippen LogP contribution in [-0.2, 0) is 0 Å². The van der Waals surface area contributed by atoms with Gasteiger partial charge < -0.3 is 20.9 Å². The van der Waals surface area contributed by atoms with Crippen molar-refractivity contribution >= 4 is 23.2 Å². The van der Waals surface area contributed by atoms with E-state index >= 15 is 0 Å². The first-order valence-electron chi connectivity index (χ1n) is 13.3. The summed E-state index contributed by atoms with van der Waals surface area (Å²) in [6, 6.07) is 13.3. The number of primary amides is 1. The summed E-state index contributed by atoms with van der Waals surface area (Å²) in [5.74, 6) is -0.149. The van der Waals surface area contributed by atoms with Gasteiger partial charge in [-0.3, -0.25) is 9.89 Å². The Morgan fingerprint density at radius 2 is 1.74 bits per heavy atom. The van der Waals surface area contributed by atoms with Crippen LogP contribution in [0.2, 0.25) is 0 Å². The van der Waals surface area contributed by atoms with Gasteiger partial charge in [-0.25, -0.2) is 14.8 Å². The number of likely N-dealkylation sites (tertiary alicyclic amines) is 1. The van der Waals surface area contributed by atoms with E-state index in [1.54, 1.807) is 6.07 Å². The molecule has 4 N–H and O–H groups in total. The first-order valence-corrected chi connectivity index (χ1v) is 13.3. The van der Waals surface area contributed by atoms with E-state index in [2.05, 4.69) is 44.5 Å². The van der Waals surface area contributed by atoms with Gasteiger partial charge in [0.15, 0.2) is 5.78 Å². The number of nitrogens with one attached hydrogen (secondary N) is 2. The zero-order chi connectivity index (χ0) is 26.4. The van der Waals surface area contributed by atoms with Crippen LogP contribution in [0.25, 0.3) is 22.5 Å². The van der Waals surface area contributed by atoms with Gasteiger partial charge >= 0.3 is 6.03 Å². The van der Waals surface area contributed by atoms with E-state index in [9.17, 15) is 9.59 Å². The lowest BCUT2D eigenvalue weighted by Crippen LogP contribution is -2.54. The minimum absolute atomic E-state index is 0.148. The molecule has 2 aliphatic heterocycles. The molecule has 0 atom stereocenters. The van der Waals surface area contributed by atoms with Crippen LogP contribution in [0.3, 0.4) is 0 Å². The van der Waals surface area contributed by atoms with Gasteiger partial charge in [0.25, 0.3) is 0 Å². The van der Waals surface area contributed by atoms with E-state index < -0.39 is 6.03 Å². The van der Waals surface area contributed by atoms with Crippen molar-refractivity contribution in [3.05, 3.63) is 53.6 Å². The molecule has 2 aromatic carbocycles. The molecule has 0 radical (unpaired) electrons. The molecular formula is C28H34N8O2. The van der Waals surface area contributed by atoms with Crippen LogP contribution in [0.5, 0.6) is 0 Å². The number of rotatable bonds is 5. The Morgan fingerprint density at radius 3 is 2.42 bits per heavy atom. The Balaban J connectivity index is 1.33. The molecule has 3 aromatic rings.